The number of methoxy groups -OCH3 is 1. The molecule has 0 aliphatic carbocycles. The number of anilines is 2. The van der Waals surface area contributed by atoms with Crippen LogP contribution in [0.3, 0.4) is 0 Å². The quantitative estimate of drug-likeness (QED) is 0.367. The Bertz CT molecular complexity index is 1310. The molecule has 9 nitrogen and oxygen atoms in total. The minimum atomic E-state index is -0.334. The predicted molar refractivity (Wildman–Crippen MR) is 129 cm³/mol. The molecule has 2 heterocycles. The maximum atomic E-state index is 12.8. The first-order valence-electron chi connectivity index (χ1n) is 9.85. The number of carbonyl (C=O) groups excluding carboxylic acids is 1. The number of benzene rings is 2. The van der Waals surface area contributed by atoms with Crippen LogP contribution in [0.15, 0.2) is 52.0 Å². The van der Waals surface area contributed by atoms with E-state index in [-0.39, 0.29) is 24.2 Å². The highest BCUT2D eigenvalue weighted by molar-refractivity contribution is 7.98. The highest BCUT2D eigenvalue weighted by atomic mass is 35.5. The molecule has 0 aliphatic rings. The van der Waals surface area contributed by atoms with E-state index in [1.165, 1.54) is 23.6 Å². The van der Waals surface area contributed by atoms with Crippen LogP contribution in [0.4, 0.5) is 11.5 Å². The molecule has 170 valence electrons. The summed E-state index contributed by atoms with van der Waals surface area (Å²) in [4.78, 5) is 17.2. The van der Waals surface area contributed by atoms with Crippen molar-refractivity contribution in [2.75, 3.05) is 24.4 Å². The first-order chi connectivity index (χ1) is 15.9. The van der Waals surface area contributed by atoms with E-state index in [1.807, 2.05) is 43.5 Å². The molecule has 0 saturated heterocycles. The summed E-state index contributed by atoms with van der Waals surface area (Å²) in [6.07, 6.45) is 1.85. The predicted octanol–water partition coefficient (Wildman–Crippen LogP) is 4.51. The number of hydrogen-bond donors (Lipinski definition) is 2. The Morgan fingerprint density at radius 3 is 2.76 bits per heavy atom. The summed E-state index contributed by atoms with van der Waals surface area (Å²) in [7, 11) is 1.51. The van der Waals surface area contributed by atoms with Gasteiger partial charge in [0.1, 0.15) is 28.7 Å². The van der Waals surface area contributed by atoms with E-state index in [0.29, 0.717) is 32.9 Å². The summed E-state index contributed by atoms with van der Waals surface area (Å²) < 4.78 is 12.2. The Kier molecular flexibility index (Phi) is 6.57. The zero-order chi connectivity index (χ0) is 23.5. The summed E-state index contributed by atoms with van der Waals surface area (Å²) in [5, 5.41) is 12.4. The van der Waals surface area contributed by atoms with Crippen molar-refractivity contribution < 1.29 is 14.1 Å². The molecule has 0 fully saturated rings. The van der Waals surface area contributed by atoms with Crippen LogP contribution < -0.4 is 15.8 Å². The molecule has 0 saturated carbocycles. The number of aryl methyl sites for hydroxylation is 1. The van der Waals surface area contributed by atoms with Crippen molar-refractivity contribution in [2.45, 2.75) is 18.5 Å². The second-order valence-corrected chi connectivity index (χ2v) is 8.27. The Labute approximate surface area is 199 Å². The van der Waals surface area contributed by atoms with E-state index in [4.69, 9.17) is 26.6 Å². The third-order valence-corrected chi connectivity index (χ3v) is 5.95. The number of nitrogens with two attached hydrogens (primary N) is 1. The van der Waals surface area contributed by atoms with Crippen LogP contribution in [-0.2, 0) is 11.3 Å². The fraction of sp³-hybridized carbons (Fsp3) is 0.182. The summed E-state index contributed by atoms with van der Waals surface area (Å²) in [6, 6.07) is 12.8. The summed E-state index contributed by atoms with van der Waals surface area (Å²) >= 11 is 7.51. The summed E-state index contributed by atoms with van der Waals surface area (Å²) in [5.41, 5.74) is 8.96. The van der Waals surface area contributed by atoms with Gasteiger partial charge >= 0.3 is 0 Å². The molecule has 2 aromatic heterocycles. The van der Waals surface area contributed by atoms with Gasteiger partial charge in [-0.3, -0.25) is 4.79 Å². The van der Waals surface area contributed by atoms with Gasteiger partial charge in [0.05, 0.1) is 12.8 Å². The number of nitrogen functional groups attached to an aromatic ring is 1. The standard InChI is InChI=1S/C22H21ClN6O3S/c1-12-9-15(16(31-2)10-14(12)23)25-17(30)11-29-19(24)18(22(27-29)33-3)21-26-20(28-32-21)13-7-5-4-6-8-13/h4-10H,11,24H2,1-3H3,(H,25,30). The van der Waals surface area contributed by atoms with Crippen LogP contribution in [0.2, 0.25) is 5.02 Å². The number of halogens is 1. The van der Waals surface area contributed by atoms with Gasteiger partial charge in [0, 0.05) is 16.7 Å². The van der Waals surface area contributed by atoms with Crippen LogP contribution in [0.5, 0.6) is 5.75 Å². The van der Waals surface area contributed by atoms with Gasteiger partial charge in [-0.05, 0) is 24.8 Å². The van der Waals surface area contributed by atoms with Crippen LogP contribution >= 0.6 is 23.4 Å². The topological polar surface area (TPSA) is 121 Å². The van der Waals surface area contributed by atoms with Crippen molar-refractivity contribution in [3.63, 3.8) is 0 Å². The number of carbonyl (C=O) groups is 1. The van der Waals surface area contributed by atoms with Gasteiger partial charge in [0.15, 0.2) is 0 Å². The van der Waals surface area contributed by atoms with Crippen LogP contribution in [-0.4, -0.2) is 39.2 Å². The Balaban J connectivity index is 1.59. The van der Waals surface area contributed by atoms with Gasteiger partial charge in [-0.1, -0.05) is 47.1 Å². The van der Waals surface area contributed by atoms with Gasteiger partial charge in [-0.15, -0.1) is 11.8 Å². The Morgan fingerprint density at radius 1 is 1.30 bits per heavy atom. The van der Waals surface area contributed by atoms with E-state index >= 15 is 0 Å². The molecule has 0 spiro atoms. The summed E-state index contributed by atoms with van der Waals surface area (Å²) in [5.74, 6) is 1.04. The van der Waals surface area contributed by atoms with Crippen molar-refractivity contribution in [1.29, 1.82) is 0 Å². The monoisotopic (exact) mass is 484 g/mol. The maximum Gasteiger partial charge on any atom is 0.264 e. The highest BCUT2D eigenvalue weighted by Gasteiger charge is 2.24. The lowest BCUT2D eigenvalue weighted by Gasteiger charge is -2.12. The number of nitrogens with zero attached hydrogens (tertiary/aromatic N) is 4. The van der Waals surface area contributed by atoms with Crippen molar-refractivity contribution >= 4 is 40.8 Å². The van der Waals surface area contributed by atoms with Crippen molar-refractivity contribution in [2.24, 2.45) is 0 Å². The van der Waals surface area contributed by atoms with E-state index < -0.39 is 0 Å². The van der Waals surface area contributed by atoms with E-state index in [0.717, 1.165) is 11.1 Å². The van der Waals surface area contributed by atoms with E-state index in [1.54, 1.807) is 12.1 Å². The zero-order valence-corrected chi connectivity index (χ0v) is 19.7. The molecule has 2 aromatic carbocycles. The van der Waals surface area contributed by atoms with Crippen molar-refractivity contribution in [3.05, 3.63) is 53.1 Å². The third kappa shape index (κ3) is 4.67. The zero-order valence-electron chi connectivity index (χ0n) is 18.1. The van der Waals surface area contributed by atoms with Gasteiger partial charge in [0.25, 0.3) is 5.89 Å². The lowest BCUT2D eigenvalue weighted by molar-refractivity contribution is -0.116. The second kappa shape index (κ2) is 9.55. The number of nitrogens with one attached hydrogen (secondary N) is 1. The highest BCUT2D eigenvalue weighted by Crippen LogP contribution is 2.35. The minimum Gasteiger partial charge on any atom is -0.495 e. The summed E-state index contributed by atoms with van der Waals surface area (Å²) in [6.45, 7) is 1.72. The number of rotatable bonds is 7. The maximum absolute atomic E-state index is 12.8. The van der Waals surface area contributed by atoms with Gasteiger partial charge < -0.3 is 20.3 Å². The number of aromatic nitrogens is 4. The van der Waals surface area contributed by atoms with Crippen molar-refractivity contribution in [3.8, 4) is 28.6 Å². The van der Waals surface area contributed by atoms with Gasteiger partial charge in [-0.2, -0.15) is 10.1 Å². The molecule has 3 N–H and O–H groups in total. The third-order valence-electron chi connectivity index (χ3n) is 4.87. The molecular formula is C22H21ClN6O3S. The molecule has 1 amide bonds. The first-order valence-corrected chi connectivity index (χ1v) is 11.4. The largest absolute Gasteiger partial charge is 0.495 e. The van der Waals surface area contributed by atoms with Crippen LogP contribution in [0.25, 0.3) is 22.8 Å². The molecule has 11 heteroatoms. The number of ether oxygens (including phenoxy) is 1. The fourth-order valence-corrected chi connectivity index (χ4v) is 3.93. The molecular weight excluding hydrogens is 464 g/mol. The molecule has 0 unspecified atom stereocenters. The number of amides is 1. The Hall–Kier alpha value is -3.50. The fourth-order valence-electron chi connectivity index (χ4n) is 3.20. The molecule has 0 aliphatic heterocycles. The first kappa shape index (κ1) is 22.7. The normalized spacial score (nSPS) is 10.9. The lowest BCUT2D eigenvalue weighted by atomic mass is 10.2. The van der Waals surface area contributed by atoms with Crippen LogP contribution in [0.1, 0.15) is 5.56 Å². The van der Waals surface area contributed by atoms with Crippen LogP contribution in [0, 0.1) is 6.92 Å². The molecule has 0 radical (unpaired) electrons. The average Bonchev–Trinajstić information content (AvgIpc) is 3.41. The molecule has 0 atom stereocenters. The van der Waals surface area contributed by atoms with Gasteiger partial charge in [-0.25, -0.2) is 4.68 Å². The molecule has 33 heavy (non-hydrogen) atoms. The SMILES string of the molecule is COc1cc(Cl)c(C)cc1NC(=O)Cn1nc(SC)c(-c2nc(-c3ccccc3)no2)c1N. The average molecular weight is 485 g/mol. The molecule has 0 bridgehead atoms. The smallest absolute Gasteiger partial charge is 0.264 e. The lowest BCUT2D eigenvalue weighted by Crippen LogP contribution is -2.21. The number of thioether (sulfide) groups is 1. The molecule has 4 aromatic rings. The van der Waals surface area contributed by atoms with Crippen molar-refractivity contribution in [1.82, 2.24) is 19.9 Å². The number of hydrogen-bond acceptors (Lipinski definition) is 8. The molecule has 4 rings (SSSR count). The van der Waals surface area contributed by atoms with E-state index in [9.17, 15) is 4.79 Å². The minimum absolute atomic E-state index is 0.121. The van der Waals surface area contributed by atoms with E-state index in [2.05, 4.69) is 20.6 Å². The van der Waals surface area contributed by atoms with Gasteiger partial charge in [0.2, 0.25) is 11.7 Å². The second-order valence-electron chi connectivity index (χ2n) is 7.07. The Morgan fingerprint density at radius 2 is 2.06 bits per heavy atom.